The Bertz CT molecular complexity index is 1350. The molecule has 0 spiro atoms. The van der Waals surface area contributed by atoms with Crippen LogP contribution in [0.4, 0.5) is 0 Å². The van der Waals surface area contributed by atoms with Crippen molar-refractivity contribution in [3.8, 4) is 0 Å². The SMILES string of the molecule is Cc1cc2oc(C(=O)N(Cc3ccccc3Cl)C3CCS(=O)(=O)C3)cc(=O)c2cc1C. The molecule has 8 heteroatoms. The number of amides is 1. The lowest BCUT2D eigenvalue weighted by Gasteiger charge is -2.28. The lowest BCUT2D eigenvalue weighted by Crippen LogP contribution is -2.41. The quantitative estimate of drug-likeness (QED) is 0.590. The van der Waals surface area contributed by atoms with Crippen LogP contribution in [0.5, 0.6) is 0 Å². The van der Waals surface area contributed by atoms with E-state index in [0.717, 1.165) is 11.1 Å². The van der Waals surface area contributed by atoms with Gasteiger partial charge >= 0.3 is 0 Å². The number of carbonyl (C=O) groups is 1. The summed E-state index contributed by atoms with van der Waals surface area (Å²) in [7, 11) is -3.23. The van der Waals surface area contributed by atoms with Gasteiger partial charge < -0.3 is 9.32 Å². The zero-order valence-electron chi connectivity index (χ0n) is 17.2. The fraction of sp³-hybridized carbons (Fsp3) is 0.304. The van der Waals surface area contributed by atoms with Crippen molar-refractivity contribution in [1.82, 2.24) is 4.90 Å². The Kier molecular flexibility index (Phi) is 5.66. The Morgan fingerprint density at radius 2 is 1.87 bits per heavy atom. The average molecular weight is 460 g/mol. The van der Waals surface area contributed by atoms with Crippen LogP contribution in [0, 0.1) is 13.8 Å². The van der Waals surface area contributed by atoms with Crippen molar-refractivity contribution in [3.63, 3.8) is 0 Å². The van der Waals surface area contributed by atoms with Crippen molar-refractivity contribution in [1.29, 1.82) is 0 Å². The highest BCUT2D eigenvalue weighted by Crippen LogP contribution is 2.26. The smallest absolute Gasteiger partial charge is 0.290 e. The molecule has 0 bridgehead atoms. The molecule has 0 saturated carbocycles. The van der Waals surface area contributed by atoms with E-state index in [1.807, 2.05) is 13.8 Å². The standard InChI is InChI=1S/C23H22ClNO5S/c1-14-9-18-20(26)11-22(30-21(18)10-15(14)2)23(27)25(17-7-8-31(28,29)13-17)12-16-5-3-4-6-19(16)24/h3-6,9-11,17H,7-8,12-13H2,1-2H3. The largest absolute Gasteiger partial charge is 0.451 e. The van der Waals surface area contributed by atoms with Gasteiger partial charge in [-0.3, -0.25) is 9.59 Å². The number of carbonyl (C=O) groups excluding carboxylic acids is 1. The fourth-order valence-corrected chi connectivity index (χ4v) is 5.78. The molecule has 1 fully saturated rings. The number of sulfone groups is 1. The zero-order valence-corrected chi connectivity index (χ0v) is 18.8. The molecule has 1 aromatic heterocycles. The molecule has 4 rings (SSSR count). The van der Waals surface area contributed by atoms with Gasteiger partial charge in [-0.25, -0.2) is 8.42 Å². The number of rotatable bonds is 4. The van der Waals surface area contributed by atoms with Crippen LogP contribution in [0.1, 0.15) is 33.7 Å². The molecule has 1 aliphatic rings. The summed E-state index contributed by atoms with van der Waals surface area (Å²) in [6, 6.07) is 11.2. The molecule has 3 aromatic rings. The highest BCUT2D eigenvalue weighted by atomic mass is 35.5. The number of benzene rings is 2. The monoisotopic (exact) mass is 459 g/mol. The maximum atomic E-state index is 13.5. The van der Waals surface area contributed by atoms with Gasteiger partial charge in [-0.1, -0.05) is 29.8 Å². The lowest BCUT2D eigenvalue weighted by molar-refractivity contribution is 0.0648. The van der Waals surface area contributed by atoms with E-state index in [9.17, 15) is 18.0 Å². The summed E-state index contributed by atoms with van der Waals surface area (Å²) in [5.74, 6) is -0.750. The highest BCUT2D eigenvalue weighted by Gasteiger charge is 2.36. The van der Waals surface area contributed by atoms with E-state index in [1.54, 1.807) is 36.4 Å². The van der Waals surface area contributed by atoms with E-state index < -0.39 is 21.8 Å². The second-order valence-corrected chi connectivity index (χ2v) is 10.6. The molecular formula is C23H22ClNO5S. The summed E-state index contributed by atoms with van der Waals surface area (Å²) in [4.78, 5) is 27.6. The third-order valence-corrected chi connectivity index (χ3v) is 7.88. The predicted molar refractivity (Wildman–Crippen MR) is 120 cm³/mol. The average Bonchev–Trinajstić information content (AvgIpc) is 3.07. The Morgan fingerprint density at radius 1 is 1.16 bits per heavy atom. The third-order valence-electron chi connectivity index (χ3n) is 5.76. The lowest BCUT2D eigenvalue weighted by atomic mass is 10.1. The first-order valence-electron chi connectivity index (χ1n) is 9.94. The van der Waals surface area contributed by atoms with Gasteiger partial charge in [-0.15, -0.1) is 0 Å². The molecule has 2 heterocycles. The molecule has 1 unspecified atom stereocenters. The Hall–Kier alpha value is -2.64. The zero-order chi connectivity index (χ0) is 22.3. The predicted octanol–water partition coefficient (Wildman–Crippen LogP) is 3.89. The molecule has 6 nitrogen and oxygen atoms in total. The van der Waals surface area contributed by atoms with Crippen molar-refractivity contribution < 1.29 is 17.6 Å². The van der Waals surface area contributed by atoms with Crippen molar-refractivity contribution in [3.05, 3.63) is 80.2 Å². The molecule has 162 valence electrons. The van der Waals surface area contributed by atoms with Crippen LogP contribution in [-0.2, 0) is 16.4 Å². The molecule has 0 aliphatic carbocycles. The van der Waals surface area contributed by atoms with Crippen molar-refractivity contribution in [2.75, 3.05) is 11.5 Å². The summed E-state index contributed by atoms with van der Waals surface area (Å²) in [5, 5.41) is 0.882. The molecule has 1 amide bonds. The van der Waals surface area contributed by atoms with Gasteiger partial charge in [-0.05, 0) is 55.2 Å². The van der Waals surface area contributed by atoms with E-state index in [0.29, 0.717) is 28.0 Å². The summed E-state index contributed by atoms with van der Waals surface area (Å²) >= 11 is 6.29. The van der Waals surface area contributed by atoms with Crippen molar-refractivity contribution in [2.24, 2.45) is 0 Å². The van der Waals surface area contributed by atoms with Gasteiger partial charge in [0.05, 0.1) is 16.9 Å². The fourth-order valence-electron chi connectivity index (χ4n) is 3.86. The first kappa shape index (κ1) is 21.6. The topological polar surface area (TPSA) is 84.7 Å². The molecule has 2 aromatic carbocycles. The number of aryl methyl sites for hydroxylation is 2. The van der Waals surface area contributed by atoms with Crippen molar-refractivity contribution in [2.45, 2.75) is 32.9 Å². The van der Waals surface area contributed by atoms with Gasteiger partial charge in [-0.2, -0.15) is 0 Å². The number of hydrogen-bond acceptors (Lipinski definition) is 5. The summed E-state index contributed by atoms with van der Waals surface area (Å²) in [6.07, 6.45) is 0.328. The third kappa shape index (κ3) is 4.38. The van der Waals surface area contributed by atoms with Gasteiger partial charge in [0.2, 0.25) is 0 Å². The summed E-state index contributed by atoms with van der Waals surface area (Å²) in [5.41, 5.74) is 2.60. The van der Waals surface area contributed by atoms with E-state index in [-0.39, 0.29) is 29.2 Å². The van der Waals surface area contributed by atoms with Crippen LogP contribution in [0.3, 0.4) is 0 Å². The molecule has 1 saturated heterocycles. The van der Waals surface area contributed by atoms with Crippen molar-refractivity contribution >= 4 is 38.3 Å². The summed E-state index contributed by atoms with van der Waals surface area (Å²) < 4.78 is 30.0. The van der Waals surface area contributed by atoms with Gasteiger partial charge in [0.1, 0.15) is 5.58 Å². The van der Waals surface area contributed by atoms with Crippen LogP contribution < -0.4 is 5.43 Å². The maximum Gasteiger partial charge on any atom is 0.290 e. The first-order chi connectivity index (χ1) is 14.6. The van der Waals surface area contributed by atoms with Crippen LogP contribution in [-0.4, -0.2) is 36.8 Å². The normalized spacial score (nSPS) is 17.7. The Balaban J connectivity index is 1.77. The van der Waals surface area contributed by atoms with E-state index >= 15 is 0 Å². The second-order valence-electron chi connectivity index (χ2n) is 7.99. The number of halogens is 1. The number of fused-ring (bicyclic) bond motifs is 1. The minimum Gasteiger partial charge on any atom is -0.451 e. The van der Waals surface area contributed by atoms with E-state index in [2.05, 4.69) is 0 Å². The van der Waals surface area contributed by atoms with Crippen LogP contribution >= 0.6 is 11.6 Å². The van der Waals surface area contributed by atoms with Crippen LogP contribution in [0.15, 0.2) is 51.7 Å². The van der Waals surface area contributed by atoms with Gasteiger partial charge in [0.25, 0.3) is 5.91 Å². The highest BCUT2D eigenvalue weighted by molar-refractivity contribution is 7.91. The number of hydrogen-bond donors (Lipinski definition) is 0. The number of nitrogens with zero attached hydrogens (tertiary/aromatic N) is 1. The minimum absolute atomic E-state index is 0.0180. The molecule has 31 heavy (non-hydrogen) atoms. The second kappa shape index (κ2) is 8.13. The van der Waals surface area contributed by atoms with Crippen LogP contribution in [0.2, 0.25) is 5.02 Å². The minimum atomic E-state index is -3.23. The first-order valence-corrected chi connectivity index (χ1v) is 12.1. The molecule has 0 radical (unpaired) electrons. The van der Waals surface area contributed by atoms with E-state index in [4.69, 9.17) is 16.0 Å². The van der Waals surface area contributed by atoms with Gasteiger partial charge in [0.15, 0.2) is 21.0 Å². The molecular weight excluding hydrogens is 438 g/mol. The summed E-state index contributed by atoms with van der Waals surface area (Å²) in [6.45, 7) is 3.92. The molecule has 0 N–H and O–H groups in total. The Labute approximate surface area is 185 Å². The maximum absolute atomic E-state index is 13.5. The van der Waals surface area contributed by atoms with Gasteiger partial charge in [0, 0.05) is 23.7 Å². The van der Waals surface area contributed by atoms with Crippen LogP contribution in [0.25, 0.3) is 11.0 Å². The van der Waals surface area contributed by atoms with E-state index in [1.165, 1.54) is 11.0 Å². The molecule has 1 aliphatic heterocycles. The molecule has 1 atom stereocenters. The Morgan fingerprint density at radius 3 is 2.55 bits per heavy atom.